The summed E-state index contributed by atoms with van der Waals surface area (Å²) >= 11 is 0. The van der Waals surface area contributed by atoms with Gasteiger partial charge in [0.2, 0.25) is 5.78 Å². The first-order valence-electron chi connectivity index (χ1n) is 8.36. The van der Waals surface area contributed by atoms with Gasteiger partial charge in [-0.15, -0.1) is 0 Å². The Morgan fingerprint density at radius 3 is 2.43 bits per heavy atom. The minimum Gasteiger partial charge on any atom is -0.494 e. The second-order valence-electron chi connectivity index (χ2n) is 6.24. The summed E-state index contributed by atoms with van der Waals surface area (Å²) < 4.78 is 44.5. The summed E-state index contributed by atoms with van der Waals surface area (Å²) in [7, 11) is -1.90. The van der Waals surface area contributed by atoms with Crippen LogP contribution in [0.4, 0.5) is 4.39 Å². The van der Waals surface area contributed by atoms with E-state index in [9.17, 15) is 12.8 Å². The van der Waals surface area contributed by atoms with Gasteiger partial charge in [0.25, 0.3) is 0 Å². The van der Waals surface area contributed by atoms with Gasteiger partial charge >= 0.3 is 0 Å². The van der Waals surface area contributed by atoms with Crippen molar-refractivity contribution in [1.29, 1.82) is 0 Å². The van der Waals surface area contributed by atoms with Crippen LogP contribution in [-0.4, -0.2) is 36.2 Å². The van der Waals surface area contributed by atoms with E-state index in [-0.39, 0.29) is 10.6 Å². The van der Waals surface area contributed by atoms with Gasteiger partial charge in [-0.3, -0.25) is 4.40 Å². The van der Waals surface area contributed by atoms with Crippen molar-refractivity contribution in [3.05, 3.63) is 66.7 Å². The summed E-state index contributed by atoms with van der Waals surface area (Å²) in [4.78, 5) is 9.04. The van der Waals surface area contributed by atoms with Crippen LogP contribution < -0.4 is 4.74 Å². The molecule has 0 spiro atoms. The number of nitrogens with zero attached hydrogens (tertiary/aromatic N) is 3. The Hall–Kier alpha value is -3.26. The maximum absolute atomic E-state index is 14.3. The van der Waals surface area contributed by atoms with Crippen LogP contribution in [0.2, 0.25) is 0 Å². The molecule has 2 aromatic heterocycles. The summed E-state index contributed by atoms with van der Waals surface area (Å²) in [6.45, 7) is 0. The average molecular weight is 397 g/mol. The summed E-state index contributed by atoms with van der Waals surface area (Å²) in [6, 6.07) is 12.9. The number of hydrogen-bond acceptors (Lipinski definition) is 5. The van der Waals surface area contributed by atoms with Gasteiger partial charge < -0.3 is 4.74 Å². The summed E-state index contributed by atoms with van der Waals surface area (Å²) in [5, 5.41) is 0. The van der Waals surface area contributed by atoms with Gasteiger partial charge in [-0.25, -0.2) is 22.8 Å². The van der Waals surface area contributed by atoms with Crippen molar-refractivity contribution in [2.24, 2.45) is 0 Å². The third kappa shape index (κ3) is 3.11. The quantitative estimate of drug-likeness (QED) is 0.526. The molecule has 0 amide bonds. The van der Waals surface area contributed by atoms with Crippen LogP contribution in [0.25, 0.3) is 28.3 Å². The number of imidazole rings is 1. The third-order valence-corrected chi connectivity index (χ3v) is 5.51. The molecule has 0 aliphatic rings. The summed E-state index contributed by atoms with van der Waals surface area (Å²) in [5.41, 5.74) is 2.52. The van der Waals surface area contributed by atoms with Crippen molar-refractivity contribution in [3.8, 4) is 28.3 Å². The Labute approximate surface area is 161 Å². The zero-order valence-electron chi connectivity index (χ0n) is 15.1. The van der Waals surface area contributed by atoms with Crippen LogP contribution in [-0.2, 0) is 9.84 Å². The monoisotopic (exact) mass is 397 g/mol. The predicted octanol–water partition coefficient (Wildman–Crippen LogP) is 3.61. The normalized spacial score (nSPS) is 11.7. The van der Waals surface area contributed by atoms with Crippen molar-refractivity contribution >= 4 is 15.6 Å². The highest BCUT2D eigenvalue weighted by atomic mass is 32.2. The van der Waals surface area contributed by atoms with E-state index in [1.807, 2.05) is 0 Å². The highest BCUT2D eigenvalue weighted by Crippen LogP contribution is 2.34. The zero-order valence-corrected chi connectivity index (χ0v) is 15.9. The molecule has 4 aromatic rings. The molecule has 28 heavy (non-hydrogen) atoms. The topological polar surface area (TPSA) is 73.6 Å². The minimum atomic E-state index is -3.30. The molecule has 2 aromatic carbocycles. The van der Waals surface area contributed by atoms with E-state index in [4.69, 9.17) is 4.74 Å². The van der Waals surface area contributed by atoms with Gasteiger partial charge in [-0.2, -0.15) is 0 Å². The molecule has 0 N–H and O–H groups in total. The van der Waals surface area contributed by atoms with E-state index < -0.39 is 15.7 Å². The van der Waals surface area contributed by atoms with Crippen LogP contribution in [0.3, 0.4) is 0 Å². The molecular weight excluding hydrogens is 381 g/mol. The molecule has 0 aliphatic heterocycles. The van der Waals surface area contributed by atoms with Crippen molar-refractivity contribution in [2.45, 2.75) is 4.90 Å². The van der Waals surface area contributed by atoms with Gasteiger partial charge in [-0.1, -0.05) is 12.1 Å². The minimum absolute atomic E-state index is 0.143. The number of aromatic nitrogens is 3. The van der Waals surface area contributed by atoms with Gasteiger partial charge in [0.05, 0.1) is 23.4 Å². The summed E-state index contributed by atoms with van der Waals surface area (Å²) in [5.74, 6) is 0.101. The van der Waals surface area contributed by atoms with Gasteiger partial charge in [0.15, 0.2) is 21.4 Å². The van der Waals surface area contributed by atoms with Crippen LogP contribution in [0.5, 0.6) is 5.75 Å². The molecule has 0 saturated carbocycles. The average Bonchev–Trinajstić information content (AvgIpc) is 3.07. The number of ether oxygens (including phenoxy) is 1. The molecule has 0 atom stereocenters. The maximum Gasteiger partial charge on any atom is 0.234 e. The Balaban J connectivity index is 1.95. The molecule has 6 nitrogen and oxygen atoms in total. The second kappa shape index (κ2) is 6.72. The number of rotatable bonds is 4. The first-order chi connectivity index (χ1) is 13.4. The SMILES string of the molecule is COc1ccc(-c2nc3ncccn3c2-c2ccc(S(C)(=O)=O)cc2)cc1F. The van der Waals surface area contributed by atoms with Crippen molar-refractivity contribution < 1.29 is 17.5 Å². The third-order valence-electron chi connectivity index (χ3n) is 4.38. The first kappa shape index (κ1) is 18.1. The molecule has 0 saturated heterocycles. The Morgan fingerprint density at radius 1 is 1.07 bits per heavy atom. The fourth-order valence-electron chi connectivity index (χ4n) is 3.04. The Bertz CT molecular complexity index is 1280. The molecule has 0 bridgehead atoms. The molecule has 0 aliphatic carbocycles. The number of halogens is 1. The lowest BCUT2D eigenvalue weighted by atomic mass is 10.0. The number of benzene rings is 2. The number of sulfone groups is 1. The van der Waals surface area contributed by atoms with Crippen molar-refractivity contribution in [1.82, 2.24) is 14.4 Å². The maximum atomic E-state index is 14.3. The standard InChI is InChI=1S/C20H16FN3O3S/c1-27-17-9-6-14(12-16(17)21)18-19(24-11-3-10-22-20(24)23-18)13-4-7-15(8-5-13)28(2,25)26/h3-12H,1-2H3. The van der Waals surface area contributed by atoms with Crippen LogP contribution in [0.1, 0.15) is 0 Å². The lowest BCUT2D eigenvalue weighted by molar-refractivity contribution is 0.386. The molecule has 142 valence electrons. The van der Waals surface area contributed by atoms with Gasteiger partial charge in [-0.05, 0) is 36.4 Å². The van der Waals surface area contributed by atoms with Crippen LogP contribution >= 0.6 is 0 Å². The molecule has 0 fully saturated rings. The van der Waals surface area contributed by atoms with Gasteiger partial charge in [0, 0.05) is 29.8 Å². The van der Waals surface area contributed by atoms with Crippen LogP contribution in [0, 0.1) is 5.82 Å². The molecule has 0 unspecified atom stereocenters. The molecule has 0 radical (unpaired) electrons. The van der Waals surface area contributed by atoms with E-state index >= 15 is 0 Å². The van der Waals surface area contributed by atoms with E-state index in [0.717, 1.165) is 11.8 Å². The van der Waals surface area contributed by atoms with E-state index in [1.54, 1.807) is 59.3 Å². The van der Waals surface area contributed by atoms with Crippen molar-refractivity contribution in [2.75, 3.05) is 13.4 Å². The van der Waals surface area contributed by atoms with E-state index in [2.05, 4.69) is 9.97 Å². The number of hydrogen-bond donors (Lipinski definition) is 0. The lowest BCUT2D eigenvalue weighted by Gasteiger charge is -2.08. The van der Waals surface area contributed by atoms with Gasteiger partial charge in [0.1, 0.15) is 0 Å². The Morgan fingerprint density at radius 2 is 1.79 bits per heavy atom. The lowest BCUT2D eigenvalue weighted by Crippen LogP contribution is -1.97. The summed E-state index contributed by atoms with van der Waals surface area (Å²) in [6.07, 6.45) is 4.58. The van der Waals surface area contributed by atoms with Crippen molar-refractivity contribution in [3.63, 3.8) is 0 Å². The second-order valence-corrected chi connectivity index (χ2v) is 8.26. The van der Waals surface area contributed by atoms with E-state index in [1.165, 1.54) is 13.2 Å². The smallest absolute Gasteiger partial charge is 0.234 e. The van der Waals surface area contributed by atoms with Crippen LogP contribution in [0.15, 0.2) is 65.8 Å². The molecule has 2 heterocycles. The first-order valence-corrected chi connectivity index (χ1v) is 10.2. The fourth-order valence-corrected chi connectivity index (χ4v) is 3.67. The highest BCUT2D eigenvalue weighted by molar-refractivity contribution is 7.90. The molecular formula is C20H16FN3O3S. The Kier molecular flexibility index (Phi) is 4.35. The molecule has 8 heteroatoms. The fraction of sp³-hybridized carbons (Fsp3) is 0.100. The largest absolute Gasteiger partial charge is 0.494 e. The zero-order chi connectivity index (χ0) is 19.9. The highest BCUT2D eigenvalue weighted by Gasteiger charge is 2.18. The number of fused-ring (bicyclic) bond motifs is 1. The number of methoxy groups -OCH3 is 1. The van der Waals surface area contributed by atoms with E-state index in [0.29, 0.717) is 22.7 Å². The predicted molar refractivity (Wildman–Crippen MR) is 103 cm³/mol. The molecule has 4 rings (SSSR count).